The van der Waals surface area contributed by atoms with Crippen LogP contribution in [0.1, 0.15) is 43.2 Å². The number of benzene rings is 1. The minimum absolute atomic E-state index is 0.0165. The first-order valence-corrected chi connectivity index (χ1v) is 10.6. The second-order valence-corrected chi connectivity index (χ2v) is 8.82. The fourth-order valence-electron chi connectivity index (χ4n) is 3.74. The molecular weight excluding hydrogens is 389 g/mol. The Balaban J connectivity index is 1.63. The molecule has 4 nitrogen and oxygen atoms in total. The van der Waals surface area contributed by atoms with E-state index in [1.54, 1.807) is 4.90 Å². The van der Waals surface area contributed by atoms with Crippen LogP contribution in [0.2, 0.25) is 0 Å². The SMILES string of the molecule is CC(C)C(=O)N1CCC(CN2C(=O)CS[C@H]2c2ccc(C(F)(F)F)cc2)CC1. The zero-order valence-electron chi connectivity index (χ0n) is 16.0. The lowest BCUT2D eigenvalue weighted by Gasteiger charge is -2.36. The molecule has 2 heterocycles. The van der Waals surface area contributed by atoms with Gasteiger partial charge < -0.3 is 9.80 Å². The number of alkyl halides is 3. The van der Waals surface area contributed by atoms with E-state index >= 15 is 0 Å². The molecule has 0 aromatic heterocycles. The summed E-state index contributed by atoms with van der Waals surface area (Å²) >= 11 is 1.45. The number of hydrogen-bond donors (Lipinski definition) is 0. The van der Waals surface area contributed by atoms with Crippen LogP contribution in [0.25, 0.3) is 0 Å². The van der Waals surface area contributed by atoms with Crippen molar-refractivity contribution in [3.8, 4) is 0 Å². The molecule has 28 heavy (non-hydrogen) atoms. The third-order valence-electron chi connectivity index (χ3n) is 5.37. The van der Waals surface area contributed by atoms with Crippen molar-refractivity contribution in [3.63, 3.8) is 0 Å². The second-order valence-electron chi connectivity index (χ2n) is 7.75. The fraction of sp³-hybridized carbons (Fsp3) is 0.600. The molecule has 0 unspecified atom stereocenters. The van der Waals surface area contributed by atoms with Crippen molar-refractivity contribution in [2.24, 2.45) is 11.8 Å². The summed E-state index contributed by atoms with van der Waals surface area (Å²) in [5.41, 5.74) is 0.0376. The Morgan fingerprint density at radius 1 is 1.18 bits per heavy atom. The van der Waals surface area contributed by atoms with Crippen LogP contribution in [-0.4, -0.2) is 47.0 Å². The van der Waals surface area contributed by atoms with E-state index in [0.717, 1.165) is 30.5 Å². The molecule has 2 aliphatic rings. The van der Waals surface area contributed by atoms with E-state index in [-0.39, 0.29) is 23.1 Å². The van der Waals surface area contributed by atoms with Gasteiger partial charge in [0.25, 0.3) is 0 Å². The summed E-state index contributed by atoms with van der Waals surface area (Å²) < 4.78 is 38.4. The zero-order valence-corrected chi connectivity index (χ0v) is 16.9. The number of carbonyl (C=O) groups excluding carboxylic acids is 2. The molecule has 1 aromatic carbocycles. The minimum Gasteiger partial charge on any atom is -0.342 e. The summed E-state index contributed by atoms with van der Waals surface area (Å²) in [6.07, 6.45) is -2.68. The molecular formula is C20H25F3N2O2S. The van der Waals surface area contributed by atoms with Crippen LogP contribution in [0.15, 0.2) is 24.3 Å². The Morgan fingerprint density at radius 2 is 1.79 bits per heavy atom. The molecule has 2 amide bonds. The van der Waals surface area contributed by atoms with Crippen molar-refractivity contribution >= 4 is 23.6 Å². The highest BCUT2D eigenvalue weighted by atomic mass is 32.2. The van der Waals surface area contributed by atoms with Gasteiger partial charge in [-0.15, -0.1) is 11.8 Å². The summed E-state index contributed by atoms with van der Waals surface area (Å²) in [6, 6.07) is 5.09. The van der Waals surface area contributed by atoms with Gasteiger partial charge in [0.05, 0.1) is 11.3 Å². The molecule has 0 radical (unpaired) electrons. The van der Waals surface area contributed by atoms with Gasteiger partial charge in [0.1, 0.15) is 5.37 Å². The van der Waals surface area contributed by atoms with Gasteiger partial charge in [-0.05, 0) is 36.5 Å². The standard InChI is InChI=1S/C20H25F3N2O2S/c1-13(2)18(27)24-9-7-14(8-10-24)11-25-17(26)12-28-19(25)15-3-5-16(6-4-15)20(21,22)23/h3-6,13-14,19H,7-12H2,1-2H3/t19-/m0/s1. The van der Waals surface area contributed by atoms with E-state index in [1.165, 1.54) is 23.9 Å². The van der Waals surface area contributed by atoms with Gasteiger partial charge in [0.15, 0.2) is 0 Å². The first-order valence-electron chi connectivity index (χ1n) is 9.54. The third kappa shape index (κ3) is 4.64. The molecule has 0 N–H and O–H groups in total. The number of halogens is 3. The summed E-state index contributed by atoms with van der Waals surface area (Å²) in [6.45, 7) is 5.76. The number of piperidine rings is 1. The van der Waals surface area contributed by atoms with Crippen molar-refractivity contribution in [3.05, 3.63) is 35.4 Å². The molecule has 8 heteroatoms. The van der Waals surface area contributed by atoms with Crippen molar-refractivity contribution in [2.75, 3.05) is 25.4 Å². The van der Waals surface area contributed by atoms with Crippen molar-refractivity contribution in [1.82, 2.24) is 9.80 Å². The topological polar surface area (TPSA) is 40.6 Å². The van der Waals surface area contributed by atoms with Crippen LogP contribution in [0, 0.1) is 11.8 Å². The molecule has 0 spiro atoms. The minimum atomic E-state index is -4.36. The maximum atomic E-state index is 12.8. The van der Waals surface area contributed by atoms with Crippen molar-refractivity contribution < 1.29 is 22.8 Å². The lowest BCUT2D eigenvalue weighted by Crippen LogP contribution is -2.43. The molecule has 0 saturated carbocycles. The highest BCUT2D eigenvalue weighted by Crippen LogP contribution is 2.40. The fourth-order valence-corrected chi connectivity index (χ4v) is 4.94. The predicted molar refractivity (Wildman–Crippen MR) is 102 cm³/mol. The Hall–Kier alpha value is -1.70. The quantitative estimate of drug-likeness (QED) is 0.742. The molecule has 2 aliphatic heterocycles. The van der Waals surface area contributed by atoms with E-state index < -0.39 is 11.7 Å². The number of hydrogen-bond acceptors (Lipinski definition) is 3. The number of thioether (sulfide) groups is 1. The highest BCUT2D eigenvalue weighted by molar-refractivity contribution is 8.00. The molecule has 0 bridgehead atoms. The van der Waals surface area contributed by atoms with Gasteiger partial charge in [0, 0.05) is 25.6 Å². The molecule has 1 atom stereocenters. The van der Waals surface area contributed by atoms with Crippen LogP contribution in [0.5, 0.6) is 0 Å². The largest absolute Gasteiger partial charge is 0.416 e. The lowest BCUT2D eigenvalue weighted by molar-refractivity contribution is -0.137. The molecule has 2 saturated heterocycles. The van der Waals surface area contributed by atoms with Crippen LogP contribution in [0.3, 0.4) is 0 Å². The van der Waals surface area contributed by atoms with E-state index in [4.69, 9.17) is 0 Å². The van der Waals surface area contributed by atoms with Crippen LogP contribution >= 0.6 is 11.8 Å². The maximum Gasteiger partial charge on any atom is 0.416 e. The molecule has 1 aromatic rings. The average Bonchev–Trinajstić information content (AvgIpc) is 3.01. The first-order chi connectivity index (χ1) is 13.2. The lowest BCUT2D eigenvalue weighted by atomic mass is 9.95. The van der Waals surface area contributed by atoms with Crippen LogP contribution < -0.4 is 0 Å². The smallest absolute Gasteiger partial charge is 0.342 e. The van der Waals surface area contributed by atoms with Gasteiger partial charge in [-0.2, -0.15) is 13.2 Å². The van der Waals surface area contributed by atoms with Crippen LogP contribution in [0.4, 0.5) is 13.2 Å². The molecule has 3 rings (SSSR count). The van der Waals surface area contributed by atoms with Gasteiger partial charge >= 0.3 is 6.18 Å². The average molecular weight is 414 g/mol. The predicted octanol–water partition coefficient (Wildman–Crippen LogP) is 4.17. The summed E-state index contributed by atoms with van der Waals surface area (Å²) in [5.74, 6) is 0.813. The summed E-state index contributed by atoms with van der Waals surface area (Å²) in [7, 11) is 0. The summed E-state index contributed by atoms with van der Waals surface area (Å²) in [5, 5.41) is -0.245. The zero-order chi connectivity index (χ0) is 20.5. The van der Waals surface area contributed by atoms with Crippen molar-refractivity contribution in [1.29, 1.82) is 0 Å². The number of nitrogens with zero attached hydrogens (tertiary/aromatic N) is 2. The number of amides is 2. The van der Waals surface area contributed by atoms with E-state index in [9.17, 15) is 22.8 Å². The number of carbonyl (C=O) groups is 2. The number of likely N-dealkylation sites (tertiary alicyclic amines) is 1. The monoisotopic (exact) mass is 414 g/mol. The van der Waals surface area contributed by atoms with Crippen molar-refractivity contribution in [2.45, 2.75) is 38.2 Å². The molecule has 154 valence electrons. The van der Waals surface area contributed by atoms with Gasteiger partial charge in [-0.25, -0.2) is 0 Å². The first kappa shape index (κ1) is 21.0. The second kappa shape index (κ2) is 8.35. The van der Waals surface area contributed by atoms with Gasteiger partial charge in [-0.1, -0.05) is 26.0 Å². The summed E-state index contributed by atoms with van der Waals surface area (Å²) in [4.78, 5) is 28.2. The van der Waals surface area contributed by atoms with E-state index in [1.807, 2.05) is 18.7 Å². The van der Waals surface area contributed by atoms with E-state index in [0.29, 0.717) is 31.3 Å². The van der Waals surface area contributed by atoms with E-state index in [2.05, 4.69) is 0 Å². The Labute approximate surface area is 167 Å². The van der Waals surface area contributed by atoms with Gasteiger partial charge in [0.2, 0.25) is 11.8 Å². The normalized spacial score (nSPS) is 21.6. The van der Waals surface area contributed by atoms with Crippen LogP contribution in [-0.2, 0) is 15.8 Å². The molecule has 2 fully saturated rings. The Morgan fingerprint density at radius 3 is 2.32 bits per heavy atom. The Kier molecular flexibility index (Phi) is 6.27. The number of rotatable bonds is 4. The highest BCUT2D eigenvalue weighted by Gasteiger charge is 2.36. The Bertz CT molecular complexity index is 713. The van der Waals surface area contributed by atoms with Gasteiger partial charge in [-0.3, -0.25) is 9.59 Å². The molecule has 0 aliphatic carbocycles. The maximum absolute atomic E-state index is 12.8. The third-order valence-corrected chi connectivity index (χ3v) is 6.62.